The molecule has 2 aliphatic rings. The molecule has 12 heteroatoms. The van der Waals surface area contributed by atoms with E-state index in [0.717, 1.165) is 0 Å². The fourth-order valence-electron chi connectivity index (χ4n) is 6.04. The first-order valence-corrected chi connectivity index (χ1v) is 14.9. The van der Waals surface area contributed by atoms with E-state index < -0.39 is 24.1 Å². The fraction of sp³-hybridized carbons (Fsp3) is 0.200. The van der Waals surface area contributed by atoms with E-state index in [1.165, 1.54) is 38.7 Å². The molecule has 2 aliphatic heterocycles. The standard InChI is InChI=1S/C35H33N5O7/c1-36-25-14-6-7-15-26(25)39(24-13-5-4-12-23(24)32(36)41)35(45)38-21-20-37(22-29(38)33(42)43)34(44)40(27-16-8-10-18-30(27)46-2)28-17-9-11-19-31(28)47-3/h4-19,29H,20-22H2,1-3H3,(H,42,43)/t29-/m0/s1. The van der Waals surface area contributed by atoms with Gasteiger partial charge >= 0.3 is 18.0 Å². The number of amides is 5. The maximum Gasteiger partial charge on any atom is 0.330 e. The average Bonchev–Trinajstić information content (AvgIpc) is 3.20. The normalized spacial score (nSPS) is 15.7. The lowest BCUT2D eigenvalue weighted by atomic mass is 10.1. The number of carbonyl (C=O) groups excluding carboxylic acids is 3. The molecule has 0 radical (unpaired) electrons. The number of fused-ring (bicyclic) bond motifs is 2. The van der Waals surface area contributed by atoms with Crippen LogP contribution in [-0.2, 0) is 4.79 Å². The molecule has 0 aliphatic carbocycles. The van der Waals surface area contributed by atoms with Crippen LogP contribution >= 0.6 is 0 Å². The third-order valence-corrected chi connectivity index (χ3v) is 8.38. The molecule has 0 spiro atoms. The summed E-state index contributed by atoms with van der Waals surface area (Å²) >= 11 is 0. The Balaban J connectivity index is 1.37. The van der Waals surface area contributed by atoms with Crippen LogP contribution in [-0.4, -0.2) is 85.8 Å². The van der Waals surface area contributed by atoms with Crippen molar-refractivity contribution >= 4 is 52.4 Å². The lowest BCUT2D eigenvalue weighted by molar-refractivity contribution is -0.143. The van der Waals surface area contributed by atoms with E-state index in [-0.39, 0.29) is 25.5 Å². The van der Waals surface area contributed by atoms with Gasteiger partial charge in [-0.3, -0.25) is 14.6 Å². The number of carbonyl (C=O) groups is 4. The minimum absolute atomic E-state index is 0.0329. The molecule has 12 nitrogen and oxygen atoms in total. The molecule has 240 valence electrons. The number of urea groups is 2. The SMILES string of the molecule is COc1ccccc1N(C(=O)N1CCN(C(=O)N2c3ccccc3C(=O)N(C)c3ccccc32)[C@H](C(=O)O)C1)c1ccccc1OC. The summed E-state index contributed by atoms with van der Waals surface area (Å²) in [4.78, 5) is 62.1. The molecule has 0 saturated carbocycles. The molecular formula is C35H33N5O7. The van der Waals surface area contributed by atoms with E-state index in [4.69, 9.17) is 9.47 Å². The van der Waals surface area contributed by atoms with Crippen molar-refractivity contribution in [2.24, 2.45) is 0 Å². The Morgan fingerprint density at radius 1 is 0.745 bits per heavy atom. The second kappa shape index (κ2) is 12.8. The third kappa shape index (κ3) is 5.43. The molecule has 1 N–H and O–H groups in total. The van der Waals surface area contributed by atoms with Crippen LogP contribution in [0.3, 0.4) is 0 Å². The quantitative estimate of drug-likeness (QED) is 0.304. The van der Waals surface area contributed by atoms with Gasteiger partial charge in [-0.25, -0.2) is 14.4 Å². The number of hydrogen-bond donors (Lipinski definition) is 1. The first kappa shape index (κ1) is 31.0. The van der Waals surface area contributed by atoms with Gasteiger partial charge in [0.2, 0.25) is 0 Å². The zero-order chi connectivity index (χ0) is 33.2. The van der Waals surface area contributed by atoms with Crippen LogP contribution in [0.15, 0.2) is 97.1 Å². The molecule has 1 atom stereocenters. The number of anilines is 5. The zero-order valence-corrected chi connectivity index (χ0v) is 26.1. The van der Waals surface area contributed by atoms with Gasteiger partial charge in [0.25, 0.3) is 5.91 Å². The maximum atomic E-state index is 14.5. The minimum atomic E-state index is -1.40. The average molecular weight is 636 g/mol. The van der Waals surface area contributed by atoms with Gasteiger partial charge < -0.3 is 29.3 Å². The van der Waals surface area contributed by atoms with E-state index >= 15 is 0 Å². The van der Waals surface area contributed by atoms with Crippen LogP contribution in [0.5, 0.6) is 11.5 Å². The van der Waals surface area contributed by atoms with Crippen molar-refractivity contribution in [2.75, 3.05) is 55.6 Å². The topological polar surface area (TPSA) is 123 Å². The van der Waals surface area contributed by atoms with E-state index in [1.54, 1.807) is 104 Å². The number of piperazine rings is 1. The van der Waals surface area contributed by atoms with Gasteiger partial charge in [0.15, 0.2) is 0 Å². The molecule has 4 aromatic rings. The van der Waals surface area contributed by atoms with Gasteiger partial charge in [0.05, 0.1) is 54.8 Å². The van der Waals surface area contributed by atoms with Crippen molar-refractivity contribution in [3.05, 3.63) is 103 Å². The minimum Gasteiger partial charge on any atom is -0.495 e. The summed E-state index contributed by atoms with van der Waals surface area (Å²) in [7, 11) is 4.63. The van der Waals surface area contributed by atoms with Crippen molar-refractivity contribution in [1.29, 1.82) is 0 Å². The van der Waals surface area contributed by atoms with Crippen molar-refractivity contribution in [2.45, 2.75) is 6.04 Å². The highest BCUT2D eigenvalue weighted by atomic mass is 16.5. The van der Waals surface area contributed by atoms with Gasteiger partial charge in [-0.05, 0) is 48.5 Å². The Labute approximate surface area is 271 Å². The Hall–Kier alpha value is -6.04. The summed E-state index contributed by atoms with van der Waals surface area (Å²) in [5.74, 6) is -0.732. The summed E-state index contributed by atoms with van der Waals surface area (Å²) in [6.45, 7) is -0.348. The van der Waals surface area contributed by atoms with Gasteiger partial charge in [-0.15, -0.1) is 0 Å². The number of carboxylic acid groups (broad SMARTS) is 1. The van der Waals surface area contributed by atoms with Crippen LogP contribution in [0.25, 0.3) is 0 Å². The molecule has 2 heterocycles. The molecule has 1 fully saturated rings. The van der Waals surface area contributed by atoms with Crippen LogP contribution in [0.4, 0.5) is 38.0 Å². The number of ether oxygens (including phenoxy) is 2. The summed E-state index contributed by atoms with van der Waals surface area (Å²) in [5.41, 5.74) is 2.42. The number of methoxy groups -OCH3 is 2. The van der Waals surface area contributed by atoms with Crippen LogP contribution in [0.1, 0.15) is 10.4 Å². The lowest BCUT2D eigenvalue weighted by Gasteiger charge is -2.42. The highest BCUT2D eigenvalue weighted by Crippen LogP contribution is 2.42. The summed E-state index contributed by atoms with van der Waals surface area (Å²) in [5, 5.41) is 10.5. The Bertz CT molecular complexity index is 1820. The number of para-hydroxylation sites is 7. The van der Waals surface area contributed by atoms with Crippen molar-refractivity contribution in [3.8, 4) is 11.5 Å². The monoisotopic (exact) mass is 635 g/mol. The van der Waals surface area contributed by atoms with E-state index in [9.17, 15) is 24.3 Å². The van der Waals surface area contributed by atoms with Crippen LogP contribution in [0, 0.1) is 0 Å². The largest absolute Gasteiger partial charge is 0.495 e. The number of nitrogens with zero attached hydrogens (tertiary/aromatic N) is 5. The second-order valence-corrected chi connectivity index (χ2v) is 10.9. The molecule has 5 amide bonds. The highest BCUT2D eigenvalue weighted by molar-refractivity contribution is 6.18. The summed E-state index contributed by atoms with van der Waals surface area (Å²) in [6.07, 6.45) is 0. The predicted octanol–water partition coefficient (Wildman–Crippen LogP) is 5.58. The predicted molar refractivity (Wildman–Crippen MR) is 176 cm³/mol. The highest BCUT2D eigenvalue weighted by Gasteiger charge is 2.43. The van der Waals surface area contributed by atoms with Crippen LogP contribution < -0.4 is 24.2 Å². The van der Waals surface area contributed by atoms with Crippen LogP contribution in [0.2, 0.25) is 0 Å². The smallest absolute Gasteiger partial charge is 0.330 e. The number of rotatable bonds is 5. The molecule has 4 aromatic carbocycles. The van der Waals surface area contributed by atoms with E-state index in [0.29, 0.717) is 45.5 Å². The van der Waals surface area contributed by atoms with E-state index in [1.807, 2.05) is 0 Å². The van der Waals surface area contributed by atoms with Gasteiger partial charge in [-0.1, -0.05) is 48.5 Å². The second-order valence-electron chi connectivity index (χ2n) is 10.9. The molecular weight excluding hydrogens is 602 g/mol. The van der Waals surface area contributed by atoms with Gasteiger partial charge in [0.1, 0.15) is 17.5 Å². The number of benzene rings is 4. The van der Waals surface area contributed by atoms with Crippen molar-refractivity contribution in [3.63, 3.8) is 0 Å². The zero-order valence-electron chi connectivity index (χ0n) is 26.1. The Morgan fingerprint density at radius 2 is 1.28 bits per heavy atom. The van der Waals surface area contributed by atoms with E-state index in [2.05, 4.69) is 0 Å². The summed E-state index contributed by atoms with van der Waals surface area (Å²) < 4.78 is 11.2. The first-order valence-electron chi connectivity index (χ1n) is 14.9. The Kier molecular flexibility index (Phi) is 8.40. The lowest BCUT2D eigenvalue weighted by Crippen LogP contribution is -2.62. The molecule has 47 heavy (non-hydrogen) atoms. The van der Waals surface area contributed by atoms with Crippen molar-refractivity contribution in [1.82, 2.24) is 9.80 Å². The summed E-state index contributed by atoms with van der Waals surface area (Å²) in [6, 6.07) is 25.1. The molecule has 0 aromatic heterocycles. The third-order valence-electron chi connectivity index (χ3n) is 8.38. The van der Waals surface area contributed by atoms with Crippen molar-refractivity contribution < 1.29 is 33.8 Å². The number of carboxylic acids is 1. The van der Waals surface area contributed by atoms with Gasteiger partial charge in [0, 0.05) is 20.1 Å². The number of aliphatic carboxylic acids is 1. The molecule has 0 bridgehead atoms. The molecule has 6 rings (SSSR count). The Morgan fingerprint density at radius 3 is 1.87 bits per heavy atom. The molecule has 1 saturated heterocycles. The molecule has 0 unspecified atom stereocenters. The number of hydrogen-bond acceptors (Lipinski definition) is 6. The fourth-order valence-corrected chi connectivity index (χ4v) is 6.04. The van der Waals surface area contributed by atoms with Gasteiger partial charge in [-0.2, -0.15) is 0 Å². The first-order chi connectivity index (χ1) is 22.8. The maximum absolute atomic E-state index is 14.5.